The molecule has 0 N–H and O–H groups in total. The molecule has 0 unspecified atom stereocenters. The lowest BCUT2D eigenvalue weighted by Gasteiger charge is -2.35. The van der Waals surface area contributed by atoms with Gasteiger partial charge in [-0.25, -0.2) is 4.98 Å². The van der Waals surface area contributed by atoms with Crippen LogP contribution >= 0.6 is 0 Å². The Morgan fingerprint density at radius 3 is 2.43 bits per heavy atom. The summed E-state index contributed by atoms with van der Waals surface area (Å²) >= 11 is 0. The molecule has 2 aromatic rings. The minimum absolute atomic E-state index is 0.618. The van der Waals surface area contributed by atoms with Gasteiger partial charge in [0.25, 0.3) is 0 Å². The lowest BCUT2D eigenvalue weighted by molar-refractivity contribution is 0.396. The second-order valence-electron chi connectivity index (χ2n) is 5.20. The quantitative estimate of drug-likeness (QED) is 0.834. The standard InChI is InChI=1S/C14H20N6O/c1-11-8-13(21-3)17-14(16-11)20-6-4-19(5-7-20)12-9-15-18(2)10-12/h8-10H,4-7H2,1-3H3. The molecular weight excluding hydrogens is 268 g/mol. The van der Waals surface area contributed by atoms with Crippen molar-refractivity contribution in [3.05, 3.63) is 24.2 Å². The Morgan fingerprint density at radius 1 is 1.10 bits per heavy atom. The third-order valence-corrected chi connectivity index (χ3v) is 3.65. The lowest BCUT2D eigenvalue weighted by atomic mass is 10.3. The highest BCUT2D eigenvalue weighted by Crippen LogP contribution is 2.19. The number of nitrogens with zero attached hydrogens (tertiary/aromatic N) is 6. The van der Waals surface area contributed by atoms with Crippen LogP contribution in [0.15, 0.2) is 18.5 Å². The molecule has 1 aliphatic rings. The molecule has 7 heteroatoms. The summed E-state index contributed by atoms with van der Waals surface area (Å²) in [5.74, 6) is 1.37. The molecule has 1 aliphatic heterocycles. The van der Waals surface area contributed by atoms with Gasteiger partial charge in [-0.3, -0.25) is 4.68 Å². The monoisotopic (exact) mass is 288 g/mol. The average Bonchev–Trinajstić information content (AvgIpc) is 2.93. The first-order chi connectivity index (χ1) is 10.2. The average molecular weight is 288 g/mol. The van der Waals surface area contributed by atoms with E-state index >= 15 is 0 Å². The highest BCUT2D eigenvalue weighted by Gasteiger charge is 2.20. The normalized spacial score (nSPS) is 15.4. The fraction of sp³-hybridized carbons (Fsp3) is 0.500. The Balaban J connectivity index is 1.69. The number of piperazine rings is 1. The molecule has 0 bridgehead atoms. The van der Waals surface area contributed by atoms with E-state index in [1.54, 1.807) is 7.11 Å². The van der Waals surface area contributed by atoms with E-state index in [-0.39, 0.29) is 0 Å². The van der Waals surface area contributed by atoms with Gasteiger partial charge in [0.05, 0.1) is 19.0 Å². The highest BCUT2D eigenvalue weighted by atomic mass is 16.5. The molecule has 0 radical (unpaired) electrons. The first-order valence-electron chi connectivity index (χ1n) is 7.04. The first kappa shape index (κ1) is 13.7. The van der Waals surface area contributed by atoms with E-state index in [2.05, 4.69) is 24.9 Å². The Kier molecular flexibility index (Phi) is 3.64. The molecular formula is C14H20N6O. The molecule has 0 aliphatic carbocycles. The van der Waals surface area contributed by atoms with Crippen LogP contribution < -0.4 is 14.5 Å². The molecule has 0 atom stereocenters. The third kappa shape index (κ3) is 2.91. The van der Waals surface area contributed by atoms with Crippen molar-refractivity contribution in [1.29, 1.82) is 0 Å². The maximum absolute atomic E-state index is 5.22. The minimum atomic E-state index is 0.618. The number of ether oxygens (including phenoxy) is 1. The van der Waals surface area contributed by atoms with E-state index in [4.69, 9.17) is 4.74 Å². The Labute approximate surface area is 124 Å². The van der Waals surface area contributed by atoms with E-state index in [0.29, 0.717) is 5.88 Å². The minimum Gasteiger partial charge on any atom is -0.481 e. The molecule has 0 spiro atoms. The summed E-state index contributed by atoms with van der Waals surface area (Å²) < 4.78 is 7.05. The largest absolute Gasteiger partial charge is 0.481 e. The van der Waals surface area contributed by atoms with Gasteiger partial charge in [-0.1, -0.05) is 0 Å². The number of aryl methyl sites for hydroxylation is 2. The molecule has 0 amide bonds. The molecule has 3 heterocycles. The Bertz CT molecular complexity index is 618. The second-order valence-corrected chi connectivity index (χ2v) is 5.20. The SMILES string of the molecule is COc1cc(C)nc(N2CCN(c3cnn(C)c3)CC2)n1. The van der Waals surface area contributed by atoms with Crippen molar-refractivity contribution in [3.8, 4) is 5.88 Å². The van der Waals surface area contributed by atoms with Crippen LogP contribution in [-0.4, -0.2) is 53.0 Å². The van der Waals surface area contributed by atoms with Gasteiger partial charge in [0, 0.05) is 51.2 Å². The number of anilines is 2. The summed E-state index contributed by atoms with van der Waals surface area (Å²) in [6, 6.07) is 1.84. The second kappa shape index (κ2) is 5.59. The Morgan fingerprint density at radius 2 is 1.81 bits per heavy atom. The summed E-state index contributed by atoms with van der Waals surface area (Å²) in [5, 5.41) is 4.22. The van der Waals surface area contributed by atoms with Crippen LogP contribution in [0.1, 0.15) is 5.69 Å². The van der Waals surface area contributed by atoms with Gasteiger partial charge in [-0.2, -0.15) is 10.1 Å². The molecule has 0 aromatic carbocycles. The van der Waals surface area contributed by atoms with Gasteiger partial charge < -0.3 is 14.5 Å². The van der Waals surface area contributed by atoms with Crippen LogP contribution in [0.4, 0.5) is 11.6 Å². The Hall–Kier alpha value is -2.31. The van der Waals surface area contributed by atoms with Crippen molar-refractivity contribution < 1.29 is 4.74 Å². The van der Waals surface area contributed by atoms with E-state index in [9.17, 15) is 0 Å². The van der Waals surface area contributed by atoms with Crippen molar-refractivity contribution in [2.75, 3.05) is 43.1 Å². The molecule has 7 nitrogen and oxygen atoms in total. The molecule has 112 valence electrons. The van der Waals surface area contributed by atoms with Crippen molar-refractivity contribution in [3.63, 3.8) is 0 Å². The van der Waals surface area contributed by atoms with Crippen molar-refractivity contribution in [1.82, 2.24) is 19.7 Å². The van der Waals surface area contributed by atoms with Crippen LogP contribution in [0.3, 0.4) is 0 Å². The van der Waals surface area contributed by atoms with Gasteiger partial charge >= 0.3 is 0 Å². The van der Waals surface area contributed by atoms with Crippen LogP contribution in [-0.2, 0) is 7.05 Å². The van der Waals surface area contributed by atoms with Crippen molar-refractivity contribution in [2.24, 2.45) is 7.05 Å². The topological polar surface area (TPSA) is 59.3 Å². The van der Waals surface area contributed by atoms with Gasteiger partial charge in [0.1, 0.15) is 0 Å². The summed E-state index contributed by atoms with van der Waals surface area (Å²) in [7, 11) is 3.57. The van der Waals surface area contributed by atoms with E-state index in [0.717, 1.165) is 37.8 Å². The number of hydrogen-bond donors (Lipinski definition) is 0. The zero-order valence-corrected chi connectivity index (χ0v) is 12.7. The summed E-state index contributed by atoms with van der Waals surface area (Å²) in [4.78, 5) is 13.5. The molecule has 21 heavy (non-hydrogen) atoms. The molecule has 1 saturated heterocycles. The third-order valence-electron chi connectivity index (χ3n) is 3.65. The molecule has 1 fully saturated rings. The molecule has 0 saturated carbocycles. The van der Waals surface area contributed by atoms with Gasteiger partial charge in [-0.15, -0.1) is 0 Å². The zero-order chi connectivity index (χ0) is 14.8. The van der Waals surface area contributed by atoms with E-state index < -0.39 is 0 Å². The maximum Gasteiger partial charge on any atom is 0.228 e. The predicted molar refractivity (Wildman–Crippen MR) is 81.0 cm³/mol. The number of rotatable bonds is 3. The zero-order valence-electron chi connectivity index (χ0n) is 12.7. The smallest absolute Gasteiger partial charge is 0.228 e. The van der Waals surface area contributed by atoms with Crippen LogP contribution in [0, 0.1) is 6.92 Å². The van der Waals surface area contributed by atoms with Gasteiger partial charge in [-0.05, 0) is 6.92 Å². The van der Waals surface area contributed by atoms with Gasteiger partial charge in [0.15, 0.2) is 0 Å². The molecule has 3 rings (SSSR count). The first-order valence-corrected chi connectivity index (χ1v) is 7.04. The fourth-order valence-corrected chi connectivity index (χ4v) is 2.51. The summed E-state index contributed by atoms with van der Waals surface area (Å²) in [5.41, 5.74) is 2.09. The summed E-state index contributed by atoms with van der Waals surface area (Å²) in [6.07, 6.45) is 3.95. The lowest BCUT2D eigenvalue weighted by Crippen LogP contribution is -2.47. The summed E-state index contributed by atoms with van der Waals surface area (Å²) in [6.45, 7) is 5.61. The highest BCUT2D eigenvalue weighted by molar-refractivity contribution is 5.45. The van der Waals surface area contributed by atoms with Crippen molar-refractivity contribution >= 4 is 11.6 Å². The molecule has 2 aromatic heterocycles. The number of methoxy groups -OCH3 is 1. The predicted octanol–water partition coefficient (Wildman–Crippen LogP) is 0.854. The van der Waals surface area contributed by atoms with E-state index in [1.165, 1.54) is 5.69 Å². The van der Waals surface area contributed by atoms with Gasteiger partial charge in [0.2, 0.25) is 11.8 Å². The number of aromatic nitrogens is 4. The van der Waals surface area contributed by atoms with Crippen LogP contribution in [0.25, 0.3) is 0 Å². The van der Waals surface area contributed by atoms with Crippen molar-refractivity contribution in [2.45, 2.75) is 6.92 Å². The number of hydrogen-bond acceptors (Lipinski definition) is 6. The van der Waals surface area contributed by atoms with Crippen LogP contribution in [0.5, 0.6) is 5.88 Å². The maximum atomic E-state index is 5.22. The van der Waals surface area contributed by atoms with E-state index in [1.807, 2.05) is 37.1 Å². The fourth-order valence-electron chi connectivity index (χ4n) is 2.51. The van der Waals surface area contributed by atoms with Crippen LogP contribution in [0.2, 0.25) is 0 Å².